The van der Waals surface area contributed by atoms with Crippen molar-refractivity contribution < 1.29 is 10.2 Å². The van der Waals surface area contributed by atoms with Crippen molar-refractivity contribution >= 4 is 0 Å². The SMILES string of the molecule is CCC(C)N(C(O)CC)C(O)CC. The molecule has 80 valence electrons. The van der Waals surface area contributed by atoms with Crippen molar-refractivity contribution in [3.05, 3.63) is 0 Å². The minimum Gasteiger partial charge on any atom is -0.378 e. The molecule has 0 spiro atoms. The number of rotatable bonds is 6. The van der Waals surface area contributed by atoms with Crippen molar-refractivity contribution in [3.63, 3.8) is 0 Å². The van der Waals surface area contributed by atoms with Gasteiger partial charge < -0.3 is 10.2 Å². The van der Waals surface area contributed by atoms with Gasteiger partial charge in [0.05, 0.1) is 0 Å². The fraction of sp³-hybridized carbons (Fsp3) is 1.00. The highest BCUT2D eigenvalue weighted by molar-refractivity contribution is 4.70. The summed E-state index contributed by atoms with van der Waals surface area (Å²) in [6.07, 6.45) is 1.20. The molecule has 0 aliphatic rings. The molecule has 0 aliphatic heterocycles. The maximum absolute atomic E-state index is 9.69. The summed E-state index contributed by atoms with van der Waals surface area (Å²) in [4.78, 5) is 1.78. The summed E-state index contributed by atoms with van der Waals surface area (Å²) < 4.78 is 0. The van der Waals surface area contributed by atoms with Gasteiger partial charge in [-0.15, -0.1) is 0 Å². The molecule has 0 fully saturated rings. The van der Waals surface area contributed by atoms with Gasteiger partial charge in [0.1, 0.15) is 12.5 Å². The quantitative estimate of drug-likeness (QED) is 0.623. The molecule has 3 atom stereocenters. The molecular formula is C10H23NO2. The van der Waals surface area contributed by atoms with Crippen LogP contribution >= 0.6 is 0 Å². The minimum atomic E-state index is -0.523. The van der Waals surface area contributed by atoms with Gasteiger partial charge in [-0.3, -0.25) is 4.90 Å². The molecule has 3 nitrogen and oxygen atoms in total. The van der Waals surface area contributed by atoms with Gasteiger partial charge in [-0.05, 0) is 26.2 Å². The average Bonchev–Trinajstić information content (AvgIpc) is 2.16. The highest BCUT2D eigenvalue weighted by Crippen LogP contribution is 2.14. The Morgan fingerprint density at radius 2 is 1.31 bits per heavy atom. The maximum Gasteiger partial charge on any atom is 0.109 e. The van der Waals surface area contributed by atoms with Gasteiger partial charge in [-0.1, -0.05) is 20.8 Å². The first-order valence-corrected chi connectivity index (χ1v) is 5.21. The zero-order valence-electron chi connectivity index (χ0n) is 9.20. The number of hydrogen-bond donors (Lipinski definition) is 2. The van der Waals surface area contributed by atoms with Crippen LogP contribution < -0.4 is 0 Å². The Balaban J connectivity index is 4.34. The average molecular weight is 189 g/mol. The molecule has 0 saturated heterocycles. The second kappa shape index (κ2) is 6.35. The van der Waals surface area contributed by atoms with Crippen LogP contribution in [-0.2, 0) is 0 Å². The van der Waals surface area contributed by atoms with E-state index in [9.17, 15) is 10.2 Å². The Morgan fingerprint density at radius 3 is 1.54 bits per heavy atom. The molecule has 0 bridgehead atoms. The van der Waals surface area contributed by atoms with Crippen molar-refractivity contribution in [2.24, 2.45) is 0 Å². The van der Waals surface area contributed by atoms with E-state index in [-0.39, 0.29) is 6.04 Å². The lowest BCUT2D eigenvalue weighted by atomic mass is 10.1. The summed E-state index contributed by atoms with van der Waals surface area (Å²) >= 11 is 0. The third-order valence-electron chi connectivity index (χ3n) is 2.52. The van der Waals surface area contributed by atoms with Gasteiger partial charge >= 0.3 is 0 Å². The Kier molecular flexibility index (Phi) is 6.29. The molecule has 2 N–H and O–H groups in total. The van der Waals surface area contributed by atoms with Crippen molar-refractivity contribution in [1.29, 1.82) is 0 Å². The van der Waals surface area contributed by atoms with E-state index in [0.717, 1.165) is 6.42 Å². The molecule has 3 heteroatoms. The van der Waals surface area contributed by atoms with Crippen LogP contribution in [0.1, 0.15) is 47.0 Å². The van der Waals surface area contributed by atoms with Crippen molar-refractivity contribution in [3.8, 4) is 0 Å². The molecule has 0 radical (unpaired) electrons. The van der Waals surface area contributed by atoms with Gasteiger partial charge in [-0.2, -0.15) is 0 Å². The van der Waals surface area contributed by atoms with Crippen LogP contribution in [0.2, 0.25) is 0 Å². The van der Waals surface area contributed by atoms with E-state index in [4.69, 9.17) is 0 Å². The molecule has 0 rings (SSSR count). The van der Waals surface area contributed by atoms with Gasteiger partial charge in [0, 0.05) is 6.04 Å². The van der Waals surface area contributed by atoms with E-state index >= 15 is 0 Å². The van der Waals surface area contributed by atoms with Crippen LogP contribution in [0, 0.1) is 0 Å². The van der Waals surface area contributed by atoms with Gasteiger partial charge in [0.2, 0.25) is 0 Å². The largest absolute Gasteiger partial charge is 0.378 e. The third-order valence-corrected chi connectivity index (χ3v) is 2.52. The Hall–Kier alpha value is -0.120. The van der Waals surface area contributed by atoms with Gasteiger partial charge in [-0.25, -0.2) is 0 Å². The van der Waals surface area contributed by atoms with Crippen molar-refractivity contribution in [1.82, 2.24) is 4.90 Å². The number of nitrogens with zero attached hydrogens (tertiary/aromatic N) is 1. The first-order chi connectivity index (χ1) is 6.08. The van der Waals surface area contributed by atoms with Gasteiger partial charge in [0.25, 0.3) is 0 Å². The molecule has 0 aromatic carbocycles. The van der Waals surface area contributed by atoms with E-state index in [1.807, 2.05) is 20.8 Å². The first-order valence-electron chi connectivity index (χ1n) is 5.21. The minimum absolute atomic E-state index is 0.227. The monoisotopic (exact) mass is 189 g/mol. The molecule has 13 heavy (non-hydrogen) atoms. The summed E-state index contributed by atoms with van der Waals surface area (Å²) in [5.74, 6) is 0. The Labute approximate surface area is 81.4 Å². The van der Waals surface area contributed by atoms with E-state index < -0.39 is 12.5 Å². The summed E-state index contributed by atoms with van der Waals surface area (Å²) in [5.41, 5.74) is 0. The van der Waals surface area contributed by atoms with Crippen LogP contribution in [0.4, 0.5) is 0 Å². The lowest BCUT2D eigenvalue weighted by Gasteiger charge is -2.36. The lowest BCUT2D eigenvalue weighted by molar-refractivity contribution is -0.124. The van der Waals surface area contributed by atoms with Crippen LogP contribution in [0.25, 0.3) is 0 Å². The number of hydrogen-bond acceptors (Lipinski definition) is 3. The molecule has 3 unspecified atom stereocenters. The smallest absolute Gasteiger partial charge is 0.109 e. The zero-order valence-corrected chi connectivity index (χ0v) is 9.20. The van der Waals surface area contributed by atoms with Crippen molar-refractivity contribution in [2.75, 3.05) is 0 Å². The van der Waals surface area contributed by atoms with E-state index in [2.05, 4.69) is 6.92 Å². The third kappa shape index (κ3) is 3.63. The highest BCUT2D eigenvalue weighted by atomic mass is 16.3. The lowest BCUT2D eigenvalue weighted by Crippen LogP contribution is -2.47. The van der Waals surface area contributed by atoms with Crippen LogP contribution in [-0.4, -0.2) is 33.6 Å². The van der Waals surface area contributed by atoms with E-state index in [1.165, 1.54) is 0 Å². The predicted octanol–water partition coefficient (Wildman–Crippen LogP) is 1.54. The topological polar surface area (TPSA) is 43.7 Å². The standard InChI is InChI=1S/C10H23NO2/c1-5-8(4)11(9(12)6-2)10(13)7-3/h8-10,12-13H,5-7H2,1-4H3. The summed E-state index contributed by atoms with van der Waals surface area (Å²) in [6.45, 7) is 7.92. The molecule has 0 aromatic rings. The van der Waals surface area contributed by atoms with Crippen LogP contribution in [0.3, 0.4) is 0 Å². The molecule has 0 heterocycles. The fourth-order valence-corrected chi connectivity index (χ4v) is 1.42. The number of aliphatic hydroxyl groups is 2. The molecule has 0 aliphatic carbocycles. The molecule has 0 aromatic heterocycles. The summed E-state index contributed by atoms with van der Waals surface area (Å²) in [5, 5.41) is 19.4. The summed E-state index contributed by atoms with van der Waals surface area (Å²) in [7, 11) is 0. The van der Waals surface area contributed by atoms with E-state index in [0.29, 0.717) is 12.8 Å². The van der Waals surface area contributed by atoms with Crippen molar-refractivity contribution in [2.45, 2.75) is 65.5 Å². The maximum atomic E-state index is 9.69. The van der Waals surface area contributed by atoms with Crippen LogP contribution in [0.5, 0.6) is 0 Å². The predicted molar refractivity (Wildman–Crippen MR) is 54.2 cm³/mol. The normalized spacial score (nSPS) is 18.7. The fourth-order valence-electron chi connectivity index (χ4n) is 1.42. The number of aliphatic hydroxyl groups excluding tert-OH is 2. The van der Waals surface area contributed by atoms with Gasteiger partial charge in [0.15, 0.2) is 0 Å². The zero-order chi connectivity index (χ0) is 10.4. The highest BCUT2D eigenvalue weighted by Gasteiger charge is 2.24. The molecule has 0 amide bonds. The first kappa shape index (κ1) is 12.9. The Bertz CT molecular complexity index is 106. The van der Waals surface area contributed by atoms with Crippen LogP contribution in [0.15, 0.2) is 0 Å². The summed E-state index contributed by atoms with van der Waals surface area (Å²) in [6, 6.07) is 0.227. The second-order valence-corrected chi connectivity index (χ2v) is 3.48. The second-order valence-electron chi connectivity index (χ2n) is 3.48. The molecular weight excluding hydrogens is 166 g/mol. The molecule has 0 saturated carbocycles. The van der Waals surface area contributed by atoms with E-state index in [1.54, 1.807) is 4.90 Å². The Morgan fingerprint density at radius 1 is 0.923 bits per heavy atom.